The number of halogens is 2. The molecule has 0 bridgehead atoms. The van der Waals surface area contributed by atoms with Crippen molar-refractivity contribution in [3.63, 3.8) is 0 Å². The Hall–Kier alpha value is -0.800. The first-order valence-electron chi connectivity index (χ1n) is 3.56. The van der Waals surface area contributed by atoms with Crippen molar-refractivity contribution in [2.24, 2.45) is 5.73 Å². The molecule has 1 aliphatic rings. The molecule has 0 fully saturated rings. The zero-order valence-electron chi connectivity index (χ0n) is 6.18. The lowest BCUT2D eigenvalue weighted by Crippen LogP contribution is -2.10. The van der Waals surface area contributed by atoms with Gasteiger partial charge in [-0.15, -0.1) is 0 Å². The monoisotopic (exact) mass is 187 g/mol. The summed E-state index contributed by atoms with van der Waals surface area (Å²) in [6.07, 6.45) is 0. The Balaban J connectivity index is 2.60. The number of ether oxygens (including phenoxy) is 1. The molecule has 2 N–H and O–H groups in total. The van der Waals surface area contributed by atoms with Crippen LogP contribution in [0.4, 0.5) is 4.39 Å². The minimum atomic E-state index is -0.468. The van der Waals surface area contributed by atoms with Gasteiger partial charge in [0.2, 0.25) is 0 Å². The highest BCUT2D eigenvalue weighted by Crippen LogP contribution is 2.38. The van der Waals surface area contributed by atoms with E-state index in [4.69, 9.17) is 22.1 Å². The van der Waals surface area contributed by atoms with Gasteiger partial charge in [0, 0.05) is 5.56 Å². The van der Waals surface area contributed by atoms with E-state index in [-0.39, 0.29) is 11.1 Å². The summed E-state index contributed by atoms with van der Waals surface area (Å²) in [5, 5.41) is 0.0282. The molecule has 4 heteroatoms. The van der Waals surface area contributed by atoms with Crippen molar-refractivity contribution < 1.29 is 9.13 Å². The summed E-state index contributed by atoms with van der Waals surface area (Å²) in [6, 6.07) is 2.72. The number of fused-ring (bicyclic) bond motifs is 1. The summed E-state index contributed by atoms with van der Waals surface area (Å²) >= 11 is 5.65. The van der Waals surface area contributed by atoms with Crippen LogP contribution in [0.15, 0.2) is 12.1 Å². The minimum Gasteiger partial charge on any atom is -0.490 e. The highest BCUT2D eigenvalue weighted by atomic mass is 35.5. The number of hydrogen-bond donors (Lipinski definition) is 1. The summed E-state index contributed by atoms with van der Waals surface area (Å²) in [5.74, 6) is -0.0753. The van der Waals surface area contributed by atoms with Gasteiger partial charge in [-0.3, -0.25) is 0 Å². The largest absolute Gasteiger partial charge is 0.490 e. The molecule has 1 aromatic carbocycles. The van der Waals surface area contributed by atoms with E-state index < -0.39 is 5.82 Å². The van der Waals surface area contributed by atoms with Crippen LogP contribution < -0.4 is 10.5 Å². The second kappa shape index (κ2) is 2.61. The molecular weight excluding hydrogens is 181 g/mol. The number of hydrogen-bond acceptors (Lipinski definition) is 2. The van der Waals surface area contributed by atoms with Crippen LogP contribution in [0.25, 0.3) is 0 Å². The van der Waals surface area contributed by atoms with Crippen molar-refractivity contribution in [2.45, 2.75) is 6.04 Å². The van der Waals surface area contributed by atoms with Crippen molar-refractivity contribution in [3.05, 3.63) is 28.5 Å². The van der Waals surface area contributed by atoms with E-state index in [1.807, 2.05) is 0 Å². The third-order valence-electron chi connectivity index (χ3n) is 1.89. The average Bonchev–Trinajstić information content (AvgIpc) is 2.41. The van der Waals surface area contributed by atoms with Crippen molar-refractivity contribution in [1.29, 1.82) is 0 Å². The smallest absolute Gasteiger partial charge is 0.145 e. The van der Waals surface area contributed by atoms with Crippen LogP contribution in [0.5, 0.6) is 5.75 Å². The number of nitrogens with two attached hydrogens (primary N) is 1. The van der Waals surface area contributed by atoms with Gasteiger partial charge in [-0.2, -0.15) is 0 Å². The Bertz CT molecular complexity index is 329. The minimum absolute atomic E-state index is 0.0282. The first-order chi connectivity index (χ1) is 5.70. The van der Waals surface area contributed by atoms with E-state index >= 15 is 0 Å². The molecular formula is C8H7ClFNO. The zero-order valence-corrected chi connectivity index (χ0v) is 6.94. The van der Waals surface area contributed by atoms with E-state index in [1.54, 1.807) is 6.07 Å². The van der Waals surface area contributed by atoms with Crippen LogP contribution in [-0.4, -0.2) is 6.61 Å². The summed E-state index contributed by atoms with van der Waals surface area (Å²) in [5.41, 5.74) is 6.44. The van der Waals surface area contributed by atoms with Gasteiger partial charge in [0.05, 0.1) is 6.04 Å². The highest BCUT2D eigenvalue weighted by Gasteiger charge is 2.24. The van der Waals surface area contributed by atoms with Crippen molar-refractivity contribution in [1.82, 2.24) is 0 Å². The van der Waals surface area contributed by atoms with Gasteiger partial charge >= 0.3 is 0 Å². The Kier molecular flexibility index (Phi) is 1.70. The highest BCUT2D eigenvalue weighted by molar-refractivity contribution is 6.32. The van der Waals surface area contributed by atoms with Crippen LogP contribution in [0, 0.1) is 5.82 Å². The number of benzene rings is 1. The lowest BCUT2D eigenvalue weighted by atomic mass is 10.1. The van der Waals surface area contributed by atoms with Gasteiger partial charge in [0.25, 0.3) is 0 Å². The summed E-state index contributed by atoms with van der Waals surface area (Å²) < 4.78 is 18.0. The molecule has 0 unspecified atom stereocenters. The zero-order chi connectivity index (χ0) is 8.72. The third kappa shape index (κ3) is 0.974. The summed E-state index contributed by atoms with van der Waals surface area (Å²) in [7, 11) is 0. The van der Waals surface area contributed by atoms with E-state index in [2.05, 4.69) is 0 Å². The fourth-order valence-electron chi connectivity index (χ4n) is 1.25. The number of rotatable bonds is 0. The SMILES string of the molecule is N[C@H]1COc2c1ccc(F)c2Cl. The Labute approximate surface area is 74.1 Å². The first-order valence-corrected chi connectivity index (χ1v) is 3.94. The standard InChI is InChI=1S/C8H7ClFNO/c9-7-5(10)2-1-4-6(11)3-12-8(4)7/h1-2,6H,3,11H2/t6-/m0/s1. The van der Waals surface area contributed by atoms with Gasteiger partial charge in [-0.25, -0.2) is 4.39 Å². The van der Waals surface area contributed by atoms with Gasteiger partial charge in [0.1, 0.15) is 23.2 Å². The molecule has 0 spiro atoms. The molecule has 0 amide bonds. The second-order valence-electron chi connectivity index (χ2n) is 2.70. The van der Waals surface area contributed by atoms with Crippen molar-refractivity contribution in [3.8, 4) is 5.75 Å². The quantitative estimate of drug-likeness (QED) is 0.673. The van der Waals surface area contributed by atoms with E-state index in [1.165, 1.54) is 6.07 Å². The molecule has 1 atom stereocenters. The molecule has 0 aromatic heterocycles. The van der Waals surface area contributed by atoms with Gasteiger partial charge in [-0.1, -0.05) is 17.7 Å². The van der Waals surface area contributed by atoms with Crippen LogP contribution in [0.1, 0.15) is 11.6 Å². The predicted octanol–water partition coefficient (Wildman–Crippen LogP) is 1.87. The summed E-state index contributed by atoms with van der Waals surface area (Å²) in [4.78, 5) is 0. The molecule has 64 valence electrons. The van der Waals surface area contributed by atoms with Crippen molar-refractivity contribution >= 4 is 11.6 Å². The molecule has 12 heavy (non-hydrogen) atoms. The first kappa shape index (κ1) is 7.83. The van der Waals surface area contributed by atoms with Gasteiger partial charge < -0.3 is 10.5 Å². The van der Waals surface area contributed by atoms with Gasteiger partial charge in [-0.05, 0) is 6.07 Å². The van der Waals surface area contributed by atoms with E-state index in [9.17, 15) is 4.39 Å². The lowest BCUT2D eigenvalue weighted by Gasteiger charge is -2.02. The van der Waals surface area contributed by atoms with Crippen LogP contribution in [0.3, 0.4) is 0 Å². The molecule has 0 aliphatic carbocycles. The average molecular weight is 188 g/mol. The molecule has 0 radical (unpaired) electrons. The molecule has 2 nitrogen and oxygen atoms in total. The molecule has 1 heterocycles. The lowest BCUT2D eigenvalue weighted by molar-refractivity contribution is 0.332. The van der Waals surface area contributed by atoms with Crippen LogP contribution in [0.2, 0.25) is 5.02 Å². The molecule has 0 saturated carbocycles. The maximum Gasteiger partial charge on any atom is 0.145 e. The summed E-state index contributed by atoms with van der Waals surface area (Å²) in [6.45, 7) is 0.374. The van der Waals surface area contributed by atoms with Crippen molar-refractivity contribution in [2.75, 3.05) is 6.61 Å². The fraction of sp³-hybridized carbons (Fsp3) is 0.250. The normalized spacial score (nSPS) is 20.4. The maximum atomic E-state index is 12.8. The third-order valence-corrected chi connectivity index (χ3v) is 2.24. The topological polar surface area (TPSA) is 35.2 Å². The molecule has 1 aliphatic heterocycles. The molecule has 1 aromatic rings. The fourth-order valence-corrected chi connectivity index (χ4v) is 1.48. The predicted molar refractivity (Wildman–Crippen MR) is 43.8 cm³/mol. The Morgan fingerprint density at radius 2 is 2.33 bits per heavy atom. The van der Waals surface area contributed by atoms with Crippen LogP contribution in [-0.2, 0) is 0 Å². The van der Waals surface area contributed by atoms with Crippen LogP contribution >= 0.6 is 11.6 Å². The Morgan fingerprint density at radius 3 is 3.08 bits per heavy atom. The van der Waals surface area contributed by atoms with E-state index in [0.29, 0.717) is 12.4 Å². The van der Waals surface area contributed by atoms with E-state index in [0.717, 1.165) is 5.56 Å². The Morgan fingerprint density at radius 1 is 1.58 bits per heavy atom. The maximum absolute atomic E-state index is 12.8. The molecule has 2 rings (SSSR count). The second-order valence-corrected chi connectivity index (χ2v) is 3.08. The molecule has 0 saturated heterocycles. The van der Waals surface area contributed by atoms with Gasteiger partial charge in [0.15, 0.2) is 0 Å².